The van der Waals surface area contributed by atoms with Gasteiger partial charge in [-0.05, 0) is 18.2 Å². The normalized spacial score (nSPS) is 11.4. The molecule has 0 bridgehead atoms. The van der Waals surface area contributed by atoms with Gasteiger partial charge in [0.15, 0.2) is 0 Å². The minimum Gasteiger partial charge on any atom is -0.744 e. The molecule has 0 aliphatic heterocycles. The zero-order valence-electron chi connectivity index (χ0n) is 5.39. The Labute approximate surface area is 63.9 Å². The van der Waals surface area contributed by atoms with Gasteiger partial charge in [0.1, 0.15) is 15.9 Å². The van der Waals surface area contributed by atoms with Crippen molar-refractivity contribution in [2.24, 2.45) is 0 Å². The first-order valence-electron chi connectivity index (χ1n) is 2.75. The third kappa shape index (κ3) is 1.92. The lowest BCUT2D eigenvalue weighted by Crippen LogP contribution is -1.97. The Morgan fingerprint density at radius 3 is 2.36 bits per heavy atom. The number of hydrogen-bond donors (Lipinski definition) is 1. The second-order valence-electron chi connectivity index (χ2n) is 1.95. The quantitative estimate of drug-likeness (QED) is 0.619. The Morgan fingerprint density at radius 1 is 1.36 bits per heavy atom. The summed E-state index contributed by atoms with van der Waals surface area (Å²) in [5.74, 6) is -0.234. The SMILES string of the molecule is O=S(=O)([O-])c1cccc(O)c1. The fourth-order valence-corrected chi connectivity index (χ4v) is 1.15. The molecule has 0 aromatic heterocycles. The molecule has 0 amide bonds. The van der Waals surface area contributed by atoms with Crippen molar-refractivity contribution in [3.8, 4) is 5.75 Å². The van der Waals surface area contributed by atoms with Crippen molar-refractivity contribution in [3.63, 3.8) is 0 Å². The van der Waals surface area contributed by atoms with E-state index in [-0.39, 0.29) is 5.75 Å². The molecule has 5 heteroatoms. The summed E-state index contributed by atoms with van der Waals surface area (Å²) in [6.45, 7) is 0. The molecule has 1 aromatic rings. The zero-order chi connectivity index (χ0) is 8.48. The molecule has 0 aliphatic carbocycles. The highest BCUT2D eigenvalue weighted by molar-refractivity contribution is 7.85. The Hall–Kier alpha value is -1.07. The standard InChI is InChI=1S/C6H6O4S/c7-5-2-1-3-6(4-5)11(8,9)10/h1-4,7H,(H,8,9,10)/p-1. The van der Waals surface area contributed by atoms with Crippen molar-refractivity contribution in [1.29, 1.82) is 0 Å². The summed E-state index contributed by atoms with van der Waals surface area (Å²) < 4.78 is 31.0. The highest BCUT2D eigenvalue weighted by atomic mass is 32.2. The minimum atomic E-state index is -4.44. The summed E-state index contributed by atoms with van der Waals surface area (Å²) in [6, 6.07) is 4.61. The molecule has 0 aliphatic rings. The Kier molecular flexibility index (Phi) is 1.84. The van der Waals surface area contributed by atoms with Gasteiger partial charge in [0.05, 0.1) is 4.90 Å². The van der Waals surface area contributed by atoms with Crippen molar-refractivity contribution < 1.29 is 18.1 Å². The third-order valence-electron chi connectivity index (χ3n) is 1.11. The molecular weight excluding hydrogens is 168 g/mol. The predicted molar refractivity (Wildman–Crippen MR) is 36.1 cm³/mol. The fourth-order valence-electron chi connectivity index (χ4n) is 0.639. The van der Waals surface area contributed by atoms with E-state index in [4.69, 9.17) is 5.11 Å². The van der Waals surface area contributed by atoms with Gasteiger partial charge in [0.25, 0.3) is 0 Å². The van der Waals surface area contributed by atoms with Gasteiger partial charge >= 0.3 is 0 Å². The van der Waals surface area contributed by atoms with Gasteiger partial charge in [0, 0.05) is 0 Å². The van der Waals surface area contributed by atoms with Gasteiger partial charge in [-0.15, -0.1) is 0 Å². The lowest BCUT2D eigenvalue weighted by atomic mass is 10.3. The van der Waals surface area contributed by atoms with Crippen LogP contribution in [0.25, 0.3) is 0 Å². The average Bonchev–Trinajstić information content (AvgIpc) is 1.86. The summed E-state index contributed by atoms with van der Waals surface area (Å²) in [7, 11) is -4.44. The third-order valence-corrected chi connectivity index (χ3v) is 1.94. The number of benzene rings is 1. The average molecular weight is 173 g/mol. The van der Waals surface area contributed by atoms with Crippen LogP contribution in [0.15, 0.2) is 29.2 Å². The van der Waals surface area contributed by atoms with Crippen LogP contribution in [-0.4, -0.2) is 18.1 Å². The van der Waals surface area contributed by atoms with Crippen LogP contribution < -0.4 is 0 Å². The Balaban J connectivity index is 3.28. The molecular formula is C6H5O4S-. The molecule has 1 rings (SSSR count). The van der Waals surface area contributed by atoms with Crippen LogP contribution >= 0.6 is 0 Å². The van der Waals surface area contributed by atoms with Crippen molar-refractivity contribution in [3.05, 3.63) is 24.3 Å². The molecule has 11 heavy (non-hydrogen) atoms. The van der Waals surface area contributed by atoms with Crippen LogP contribution in [-0.2, 0) is 10.1 Å². The maximum atomic E-state index is 10.3. The van der Waals surface area contributed by atoms with Crippen LogP contribution in [0.2, 0.25) is 0 Å². The van der Waals surface area contributed by atoms with E-state index >= 15 is 0 Å². The number of hydrogen-bond acceptors (Lipinski definition) is 4. The number of phenolic OH excluding ortho intramolecular Hbond substituents is 1. The van der Waals surface area contributed by atoms with Crippen LogP contribution in [0.1, 0.15) is 0 Å². The molecule has 1 aromatic carbocycles. The van der Waals surface area contributed by atoms with E-state index in [0.717, 1.165) is 12.1 Å². The van der Waals surface area contributed by atoms with Gasteiger partial charge in [0.2, 0.25) is 0 Å². The van der Waals surface area contributed by atoms with Crippen LogP contribution in [0, 0.1) is 0 Å². The van der Waals surface area contributed by atoms with E-state index in [9.17, 15) is 13.0 Å². The van der Waals surface area contributed by atoms with Crippen LogP contribution in [0.4, 0.5) is 0 Å². The first kappa shape index (κ1) is 8.03. The maximum Gasteiger partial charge on any atom is 0.124 e. The topological polar surface area (TPSA) is 77.4 Å². The first-order valence-corrected chi connectivity index (χ1v) is 4.16. The highest BCUT2D eigenvalue weighted by Crippen LogP contribution is 2.14. The molecule has 0 saturated heterocycles. The molecule has 4 nitrogen and oxygen atoms in total. The molecule has 0 spiro atoms. The monoisotopic (exact) mass is 173 g/mol. The second-order valence-corrected chi connectivity index (χ2v) is 3.33. The maximum absolute atomic E-state index is 10.3. The summed E-state index contributed by atoms with van der Waals surface area (Å²) in [6.07, 6.45) is 0. The molecule has 0 fully saturated rings. The largest absolute Gasteiger partial charge is 0.744 e. The van der Waals surface area contributed by atoms with E-state index in [1.54, 1.807) is 0 Å². The van der Waals surface area contributed by atoms with Gasteiger partial charge in [-0.3, -0.25) is 0 Å². The van der Waals surface area contributed by atoms with Gasteiger partial charge in [-0.2, -0.15) is 0 Å². The molecule has 0 radical (unpaired) electrons. The number of phenols is 1. The Bertz CT molecular complexity index is 355. The summed E-state index contributed by atoms with van der Waals surface area (Å²) >= 11 is 0. The van der Waals surface area contributed by atoms with Gasteiger partial charge < -0.3 is 9.66 Å². The molecule has 60 valence electrons. The summed E-state index contributed by atoms with van der Waals surface area (Å²) in [5.41, 5.74) is 0. The van der Waals surface area contributed by atoms with E-state index in [1.807, 2.05) is 0 Å². The lowest BCUT2D eigenvalue weighted by Gasteiger charge is -2.05. The summed E-state index contributed by atoms with van der Waals surface area (Å²) in [4.78, 5) is -0.419. The molecule has 0 heterocycles. The van der Waals surface area contributed by atoms with Crippen molar-refractivity contribution in [2.45, 2.75) is 4.90 Å². The number of rotatable bonds is 1. The fraction of sp³-hybridized carbons (Fsp3) is 0. The lowest BCUT2D eigenvalue weighted by molar-refractivity contribution is 0.456. The van der Waals surface area contributed by atoms with Crippen molar-refractivity contribution in [2.75, 3.05) is 0 Å². The number of aromatic hydroxyl groups is 1. The van der Waals surface area contributed by atoms with Crippen LogP contribution in [0.3, 0.4) is 0 Å². The minimum absolute atomic E-state index is 0.234. The van der Waals surface area contributed by atoms with E-state index in [0.29, 0.717) is 0 Å². The van der Waals surface area contributed by atoms with E-state index in [2.05, 4.69) is 0 Å². The molecule has 1 N–H and O–H groups in total. The Morgan fingerprint density at radius 2 is 2.00 bits per heavy atom. The summed E-state index contributed by atoms with van der Waals surface area (Å²) in [5, 5.41) is 8.77. The highest BCUT2D eigenvalue weighted by Gasteiger charge is 1.99. The second kappa shape index (κ2) is 2.52. The van der Waals surface area contributed by atoms with Crippen LogP contribution in [0.5, 0.6) is 5.75 Å². The smallest absolute Gasteiger partial charge is 0.124 e. The molecule has 0 saturated carbocycles. The van der Waals surface area contributed by atoms with Gasteiger partial charge in [-0.25, -0.2) is 8.42 Å². The van der Waals surface area contributed by atoms with Crippen molar-refractivity contribution in [1.82, 2.24) is 0 Å². The predicted octanol–water partition coefficient (Wildman–Crippen LogP) is 0.296. The van der Waals surface area contributed by atoms with Gasteiger partial charge in [-0.1, -0.05) is 6.07 Å². The first-order chi connectivity index (χ1) is 5.00. The zero-order valence-corrected chi connectivity index (χ0v) is 6.21. The van der Waals surface area contributed by atoms with E-state index in [1.165, 1.54) is 12.1 Å². The molecule has 0 unspecified atom stereocenters. The van der Waals surface area contributed by atoms with Crippen molar-refractivity contribution >= 4 is 10.1 Å². The van der Waals surface area contributed by atoms with E-state index < -0.39 is 15.0 Å². The molecule has 0 atom stereocenters.